The molecular formula is C21H25NO3S. The van der Waals surface area contributed by atoms with Crippen molar-refractivity contribution in [3.8, 4) is 11.5 Å². The van der Waals surface area contributed by atoms with E-state index in [1.54, 1.807) is 25.6 Å². The van der Waals surface area contributed by atoms with Crippen LogP contribution in [0.25, 0.3) is 0 Å². The highest BCUT2D eigenvalue weighted by Gasteiger charge is 2.28. The Balaban J connectivity index is 1.58. The molecular weight excluding hydrogens is 346 g/mol. The van der Waals surface area contributed by atoms with E-state index in [1.807, 2.05) is 17.0 Å². The zero-order valence-electron chi connectivity index (χ0n) is 15.6. The van der Waals surface area contributed by atoms with Crippen molar-refractivity contribution in [1.82, 2.24) is 4.90 Å². The molecule has 1 aliphatic carbocycles. The van der Waals surface area contributed by atoms with Gasteiger partial charge in [-0.3, -0.25) is 4.79 Å². The maximum Gasteiger partial charge on any atom is 0.255 e. The minimum absolute atomic E-state index is 0.178. The molecule has 4 nitrogen and oxygen atoms in total. The molecule has 26 heavy (non-hydrogen) atoms. The number of methoxy groups -OCH3 is 2. The highest BCUT2D eigenvalue weighted by atomic mass is 32.1. The molecule has 4 rings (SSSR count). The fourth-order valence-corrected chi connectivity index (χ4v) is 5.32. The predicted octanol–water partition coefficient (Wildman–Crippen LogP) is 4.09. The molecule has 1 amide bonds. The number of nitrogens with zero attached hydrogens (tertiary/aromatic N) is 1. The molecule has 0 saturated heterocycles. The number of hydrogen-bond donors (Lipinski definition) is 0. The van der Waals surface area contributed by atoms with Crippen LogP contribution in [0.4, 0.5) is 0 Å². The Kier molecular flexibility index (Phi) is 4.65. The fraction of sp³-hybridized carbons (Fsp3) is 0.476. The van der Waals surface area contributed by atoms with Gasteiger partial charge in [0.05, 0.1) is 19.8 Å². The van der Waals surface area contributed by atoms with Crippen LogP contribution in [0.1, 0.15) is 45.3 Å². The predicted molar refractivity (Wildman–Crippen MR) is 103 cm³/mol. The normalized spacial score (nSPS) is 18.9. The Labute approximate surface area is 158 Å². The Morgan fingerprint density at radius 1 is 1.15 bits per heavy atom. The highest BCUT2D eigenvalue weighted by Crippen LogP contribution is 2.36. The number of hydrogen-bond acceptors (Lipinski definition) is 4. The summed E-state index contributed by atoms with van der Waals surface area (Å²) in [4.78, 5) is 16.6. The molecule has 2 aromatic rings. The van der Waals surface area contributed by atoms with Crippen molar-refractivity contribution >= 4 is 17.2 Å². The lowest BCUT2D eigenvalue weighted by atomic mass is 9.88. The van der Waals surface area contributed by atoms with Gasteiger partial charge < -0.3 is 14.4 Å². The van der Waals surface area contributed by atoms with Crippen LogP contribution in [-0.2, 0) is 25.8 Å². The van der Waals surface area contributed by atoms with Crippen LogP contribution in [0.3, 0.4) is 0 Å². The Bertz CT molecular complexity index is 842. The van der Waals surface area contributed by atoms with E-state index < -0.39 is 0 Å². The van der Waals surface area contributed by atoms with Crippen molar-refractivity contribution < 1.29 is 14.3 Å². The van der Waals surface area contributed by atoms with E-state index in [4.69, 9.17) is 9.47 Å². The van der Waals surface area contributed by atoms with E-state index in [2.05, 4.69) is 12.3 Å². The number of thiophene rings is 1. The summed E-state index contributed by atoms with van der Waals surface area (Å²) in [6.45, 7) is 3.69. The Morgan fingerprint density at radius 3 is 2.62 bits per heavy atom. The number of ether oxygens (including phenoxy) is 2. The second-order valence-corrected chi connectivity index (χ2v) is 8.32. The van der Waals surface area contributed by atoms with Crippen LogP contribution >= 0.6 is 11.3 Å². The van der Waals surface area contributed by atoms with E-state index in [0.29, 0.717) is 6.54 Å². The monoisotopic (exact) mass is 371 g/mol. The van der Waals surface area contributed by atoms with E-state index >= 15 is 0 Å². The fourth-order valence-electron chi connectivity index (χ4n) is 4.08. The average molecular weight is 372 g/mol. The summed E-state index contributed by atoms with van der Waals surface area (Å²) in [5.74, 6) is 2.39. The number of carbonyl (C=O) groups excluding carboxylic acids is 1. The third kappa shape index (κ3) is 2.98. The van der Waals surface area contributed by atoms with Crippen LogP contribution in [-0.4, -0.2) is 31.6 Å². The lowest BCUT2D eigenvalue weighted by molar-refractivity contribution is 0.0733. The van der Waals surface area contributed by atoms with Gasteiger partial charge in [-0.15, -0.1) is 11.3 Å². The minimum atomic E-state index is 0.178. The summed E-state index contributed by atoms with van der Waals surface area (Å²) in [6.07, 6.45) is 4.19. The van der Waals surface area contributed by atoms with Crippen LogP contribution in [0.2, 0.25) is 0 Å². The van der Waals surface area contributed by atoms with Crippen molar-refractivity contribution in [2.45, 2.75) is 39.2 Å². The third-order valence-electron chi connectivity index (χ3n) is 5.64. The highest BCUT2D eigenvalue weighted by molar-refractivity contribution is 7.10. The molecule has 0 N–H and O–H groups in total. The second kappa shape index (κ2) is 6.95. The molecule has 1 aromatic heterocycles. The molecule has 0 bridgehead atoms. The Morgan fingerprint density at radius 2 is 1.88 bits per heavy atom. The van der Waals surface area contributed by atoms with Gasteiger partial charge in [-0.25, -0.2) is 0 Å². The third-order valence-corrected chi connectivity index (χ3v) is 6.69. The van der Waals surface area contributed by atoms with Gasteiger partial charge >= 0.3 is 0 Å². The number of benzene rings is 1. The van der Waals surface area contributed by atoms with Gasteiger partial charge in [0.25, 0.3) is 5.91 Å². The molecule has 2 heterocycles. The first-order valence-corrected chi connectivity index (χ1v) is 10.1. The molecule has 1 unspecified atom stereocenters. The number of carbonyl (C=O) groups is 1. The van der Waals surface area contributed by atoms with Gasteiger partial charge in [-0.2, -0.15) is 0 Å². The van der Waals surface area contributed by atoms with E-state index in [0.717, 1.165) is 54.4 Å². The average Bonchev–Trinajstić information content (AvgIpc) is 3.08. The standard InChI is InChI=1S/C21H25NO3S/c1-13-4-5-16-17(12-26-20(16)8-13)21(23)22-7-6-14-9-18(24-2)19(25-3)10-15(14)11-22/h9-10,12-13H,4-8,11H2,1-3H3. The van der Waals surface area contributed by atoms with Gasteiger partial charge in [0.2, 0.25) is 0 Å². The minimum Gasteiger partial charge on any atom is -0.493 e. The molecule has 0 spiro atoms. The van der Waals surface area contributed by atoms with Gasteiger partial charge in [0.15, 0.2) is 11.5 Å². The number of fused-ring (bicyclic) bond motifs is 2. The maximum absolute atomic E-state index is 13.2. The maximum atomic E-state index is 13.2. The van der Waals surface area contributed by atoms with Gasteiger partial charge in [-0.05, 0) is 60.4 Å². The van der Waals surface area contributed by atoms with E-state index in [-0.39, 0.29) is 5.91 Å². The van der Waals surface area contributed by atoms with Crippen molar-refractivity contribution in [3.63, 3.8) is 0 Å². The van der Waals surface area contributed by atoms with Gasteiger partial charge in [0.1, 0.15) is 0 Å². The first kappa shape index (κ1) is 17.4. The summed E-state index contributed by atoms with van der Waals surface area (Å²) < 4.78 is 10.8. The van der Waals surface area contributed by atoms with Crippen molar-refractivity contribution in [2.75, 3.05) is 20.8 Å². The first-order valence-electron chi connectivity index (χ1n) is 9.23. The molecule has 0 fully saturated rings. The number of rotatable bonds is 3. The molecule has 5 heteroatoms. The Hall–Kier alpha value is -2.01. The topological polar surface area (TPSA) is 38.8 Å². The van der Waals surface area contributed by atoms with Crippen LogP contribution < -0.4 is 9.47 Å². The summed E-state index contributed by atoms with van der Waals surface area (Å²) in [5.41, 5.74) is 4.63. The van der Waals surface area contributed by atoms with Crippen LogP contribution in [0.5, 0.6) is 11.5 Å². The summed E-state index contributed by atoms with van der Waals surface area (Å²) in [6, 6.07) is 4.06. The summed E-state index contributed by atoms with van der Waals surface area (Å²) in [5, 5.41) is 2.08. The lowest BCUT2D eigenvalue weighted by Gasteiger charge is -2.30. The summed E-state index contributed by atoms with van der Waals surface area (Å²) >= 11 is 1.76. The van der Waals surface area contributed by atoms with Gasteiger partial charge in [-0.1, -0.05) is 6.92 Å². The summed E-state index contributed by atoms with van der Waals surface area (Å²) in [7, 11) is 3.30. The molecule has 0 radical (unpaired) electrons. The lowest BCUT2D eigenvalue weighted by Crippen LogP contribution is -2.36. The molecule has 1 atom stereocenters. The first-order chi connectivity index (χ1) is 12.6. The van der Waals surface area contributed by atoms with Crippen molar-refractivity contribution in [1.29, 1.82) is 0 Å². The smallest absolute Gasteiger partial charge is 0.255 e. The zero-order valence-corrected chi connectivity index (χ0v) is 16.4. The van der Waals surface area contributed by atoms with Crippen molar-refractivity contribution in [2.24, 2.45) is 5.92 Å². The van der Waals surface area contributed by atoms with Crippen LogP contribution in [0.15, 0.2) is 17.5 Å². The molecule has 0 saturated carbocycles. The SMILES string of the molecule is COc1cc2c(cc1OC)CN(C(=O)c1csc3c1CCC(C)C3)CC2. The largest absolute Gasteiger partial charge is 0.493 e. The van der Waals surface area contributed by atoms with E-state index in [9.17, 15) is 4.79 Å². The quantitative estimate of drug-likeness (QED) is 0.816. The molecule has 138 valence electrons. The molecule has 1 aliphatic heterocycles. The number of amides is 1. The zero-order chi connectivity index (χ0) is 18.3. The molecule has 1 aromatic carbocycles. The van der Waals surface area contributed by atoms with Crippen LogP contribution in [0, 0.1) is 5.92 Å². The molecule has 2 aliphatic rings. The van der Waals surface area contributed by atoms with Crippen molar-refractivity contribution in [3.05, 3.63) is 44.6 Å². The van der Waals surface area contributed by atoms with Gasteiger partial charge in [0, 0.05) is 23.3 Å². The second-order valence-electron chi connectivity index (χ2n) is 7.35. The van der Waals surface area contributed by atoms with E-state index in [1.165, 1.54) is 22.4 Å².